The summed E-state index contributed by atoms with van der Waals surface area (Å²) in [5, 5.41) is 9.51. The van der Waals surface area contributed by atoms with E-state index in [0.717, 1.165) is 0 Å². The first-order chi connectivity index (χ1) is 5.52. The molecule has 1 aromatic carbocycles. The molecule has 0 aliphatic heterocycles. The Labute approximate surface area is 78.7 Å². The van der Waals surface area contributed by atoms with Crippen molar-refractivity contribution in [3.8, 4) is 5.75 Å². The SMILES string of the molecule is NC(=O)c1cc(Cl)c(Cl)cc1O. The van der Waals surface area contributed by atoms with Gasteiger partial charge in [-0.05, 0) is 6.07 Å². The van der Waals surface area contributed by atoms with Gasteiger partial charge in [0.1, 0.15) is 5.75 Å². The highest BCUT2D eigenvalue weighted by Gasteiger charge is 2.10. The molecule has 12 heavy (non-hydrogen) atoms. The van der Waals surface area contributed by atoms with Crippen molar-refractivity contribution in [3.05, 3.63) is 27.7 Å². The summed E-state index contributed by atoms with van der Waals surface area (Å²) in [5.41, 5.74) is 4.90. The van der Waals surface area contributed by atoms with Gasteiger partial charge in [-0.2, -0.15) is 0 Å². The summed E-state index contributed by atoms with van der Waals surface area (Å²) in [6, 6.07) is 2.39. The predicted octanol–water partition coefficient (Wildman–Crippen LogP) is 1.80. The Kier molecular flexibility index (Phi) is 2.45. The van der Waals surface area contributed by atoms with Crippen molar-refractivity contribution in [2.24, 2.45) is 5.73 Å². The lowest BCUT2D eigenvalue weighted by Gasteiger charge is -2.01. The molecule has 3 N–H and O–H groups in total. The highest BCUT2D eigenvalue weighted by Crippen LogP contribution is 2.29. The second kappa shape index (κ2) is 3.21. The number of primary amides is 1. The van der Waals surface area contributed by atoms with E-state index in [4.69, 9.17) is 34.0 Å². The first kappa shape index (κ1) is 9.16. The Morgan fingerprint density at radius 3 is 2.33 bits per heavy atom. The molecule has 1 rings (SSSR count). The number of hydrogen-bond donors (Lipinski definition) is 2. The van der Waals surface area contributed by atoms with Crippen molar-refractivity contribution in [1.82, 2.24) is 0 Å². The molecule has 0 radical (unpaired) electrons. The van der Waals surface area contributed by atoms with E-state index < -0.39 is 5.91 Å². The van der Waals surface area contributed by atoms with Crippen LogP contribution in [0.15, 0.2) is 12.1 Å². The second-order valence-corrected chi connectivity index (χ2v) is 2.96. The van der Waals surface area contributed by atoms with Crippen molar-refractivity contribution in [2.45, 2.75) is 0 Å². The van der Waals surface area contributed by atoms with Crippen LogP contribution in [0.2, 0.25) is 10.0 Å². The quantitative estimate of drug-likeness (QED) is 0.735. The van der Waals surface area contributed by atoms with Gasteiger partial charge in [-0.15, -0.1) is 0 Å². The Hall–Kier alpha value is -0.930. The van der Waals surface area contributed by atoms with Gasteiger partial charge >= 0.3 is 0 Å². The van der Waals surface area contributed by atoms with Crippen molar-refractivity contribution in [3.63, 3.8) is 0 Å². The predicted molar refractivity (Wildman–Crippen MR) is 46.6 cm³/mol. The van der Waals surface area contributed by atoms with Gasteiger partial charge in [0.2, 0.25) is 0 Å². The zero-order chi connectivity index (χ0) is 9.30. The molecule has 0 aliphatic carbocycles. The molecule has 0 bridgehead atoms. The minimum atomic E-state index is -0.744. The standard InChI is InChI=1S/C7H5Cl2NO2/c8-4-1-3(7(10)12)6(11)2-5(4)9/h1-2,11H,(H2,10,12). The summed E-state index contributed by atoms with van der Waals surface area (Å²) in [6.07, 6.45) is 0. The maximum atomic E-state index is 10.6. The topological polar surface area (TPSA) is 63.3 Å². The molecule has 3 nitrogen and oxygen atoms in total. The Bertz CT molecular complexity index is 338. The molecule has 1 aromatic rings. The number of hydrogen-bond acceptors (Lipinski definition) is 2. The van der Waals surface area contributed by atoms with E-state index in [9.17, 15) is 4.79 Å². The van der Waals surface area contributed by atoms with Crippen LogP contribution in [0.1, 0.15) is 10.4 Å². The largest absolute Gasteiger partial charge is 0.507 e. The Morgan fingerprint density at radius 1 is 1.33 bits per heavy atom. The monoisotopic (exact) mass is 205 g/mol. The summed E-state index contributed by atoms with van der Waals surface area (Å²) < 4.78 is 0. The van der Waals surface area contributed by atoms with Crippen LogP contribution in [-0.2, 0) is 0 Å². The number of rotatable bonds is 1. The number of carbonyl (C=O) groups is 1. The molecule has 5 heteroatoms. The first-order valence-electron chi connectivity index (χ1n) is 3.00. The number of phenols is 1. The molecular weight excluding hydrogens is 201 g/mol. The molecule has 64 valence electrons. The van der Waals surface area contributed by atoms with Gasteiger partial charge in [0.25, 0.3) is 5.91 Å². The van der Waals surface area contributed by atoms with Crippen LogP contribution in [0.25, 0.3) is 0 Å². The number of amides is 1. The van der Waals surface area contributed by atoms with Crippen LogP contribution < -0.4 is 5.73 Å². The van der Waals surface area contributed by atoms with E-state index >= 15 is 0 Å². The maximum absolute atomic E-state index is 10.6. The van der Waals surface area contributed by atoms with Crippen LogP contribution in [0, 0.1) is 0 Å². The number of nitrogens with two attached hydrogens (primary N) is 1. The fraction of sp³-hybridized carbons (Fsp3) is 0. The lowest BCUT2D eigenvalue weighted by atomic mass is 10.2. The van der Waals surface area contributed by atoms with Crippen molar-refractivity contribution >= 4 is 29.1 Å². The van der Waals surface area contributed by atoms with E-state index in [-0.39, 0.29) is 21.4 Å². The number of halogens is 2. The molecule has 0 saturated carbocycles. The van der Waals surface area contributed by atoms with Crippen LogP contribution in [0.5, 0.6) is 5.75 Å². The van der Waals surface area contributed by atoms with Gasteiger partial charge in [0, 0.05) is 6.07 Å². The van der Waals surface area contributed by atoms with Crippen molar-refractivity contribution < 1.29 is 9.90 Å². The highest BCUT2D eigenvalue weighted by atomic mass is 35.5. The molecule has 0 aliphatic rings. The minimum Gasteiger partial charge on any atom is -0.507 e. The van der Waals surface area contributed by atoms with Crippen LogP contribution in [-0.4, -0.2) is 11.0 Å². The summed E-state index contributed by atoms with van der Waals surface area (Å²) in [5.74, 6) is -1.01. The average Bonchev–Trinajstić information content (AvgIpc) is 1.96. The van der Waals surface area contributed by atoms with Gasteiger partial charge in [-0.25, -0.2) is 0 Å². The third-order valence-corrected chi connectivity index (χ3v) is 2.03. The van der Waals surface area contributed by atoms with Crippen molar-refractivity contribution in [1.29, 1.82) is 0 Å². The van der Waals surface area contributed by atoms with Gasteiger partial charge in [0.05, 0.1) is 15.6 Å². The minimum absolute atomic E-state index is 0.0376. The summed E-state index contributed by atoms with van der Waals surface area (Å²) >= 11 is 11.1. The molecule has 0 fully saturated rings. The summed E-state index contributed by atoms with van der Waals surface area (Å²) in [4.78, 5) is 10.6. The molecule has 0 atom stereocenters. The molecule has 0 aromatic heterocycles. The van der Waals surface area contributed by atoms with E-state index in [1.165, 1.54) is 12.1 Å². The lowest BCUT2D eigenvalue weighted by Crippen LogP contribution is -2.10. The molecule has 1 amide bonds. The third kappa shape index (κ3) is 1.62. The first-order valence-corrected chi connectivity index (χ1v) is 3.76. The van der Waals surface area contributed by atoms with Crippen LogP contribution >= 0.6 is 23.2 Å². The maximum Gasteiger partial charge on any atom is 0.252 e. The van der Waals surface area contributed by atoms with Gasteiger partial charge in [-0.1, -0.05) is 23.2 Å². The van der Waals surface area contributed by atoms with Crippen molar-refractivity contribution in [2.75, 3.05) is 0 Å². The number of carbonyl (C=O) groups excluding carboxylic acids is 1. The Balaban J connectivity index is 3.33. The molecule has 0 spiro atoms. The zero-order valence-corrected chi connectivity index (χ0v) is 7.36. The molecule has 0 unspecified atom stereocenters. The zero-order valence-electron chi connectivity index (χ0n) is 5.84. The normalized spacial score (nSPS) is 9.83. The fourth-order valence-corrected chi connectivity index (χ4v) is 1.06. The van der Waals surface area contributed by atoms with E-state index in [0.29, 0.717) is 0 Å². The summed E-state index contributed by atoms with van der Waals surface area (Å²) in [7, 11) is 0. The van der Waals surface area contributed by atoms with Gasteiger partial charge < -0.3 is 10.8 Å². The highest BCUT2D eigenvalue weighted by molar-refractivity contribution is 6.42. The smallest absolute Gasteiger partial charge is 0.252 e. The second-order valence-electron chi connectivity index (χ2n) is 2.15. The fourth-order valence-electron chi connectivity index (χ4n) is 0.734. The Morgan fingerprint density at radius 2 is 1.83 bits per heavy atom. The lowest BCUT2D eigenvalue weighted by molar-refractivity contribution is 0.0998. The molecule has 0 saturated heterocycles. The van der Waals surface area contributed by atoms with Gasteiger partial charge in [0.15, 0.2) is 0 Å². The van der Waals surface area contributed by atoms with Crippen LogP contribution in [0.3, 0.4) is 0 Å². The number of aromatic hydroxyl groups is 1. The van der Waals surface area contributed by atoms with E-state index in [1.54, 1.807) is 0 Å². The number of benzene rings is 1. The van der Waals surface area contributed by atoms with E-state index in [1.807, 2.05) is 0 Å². The van der Waals surface area contributed by atoms with E-state index in [2.05, 4.69) is 0 Å². The third-order valence-electron chi connectivity index (χ3n) is 1.30. The summed E-state index contributed by atoms with van der Waals surface area (Å²) in [6.45, 7) is 0. The molecule has 0 heterocycles. The van der Waals surface area contributed by atoms with Gasteiger partial charge in [-0.3, -0.25) is 4.79 Å². The average molecular weight is 206 g/mol. The molecular formula is C7H5Cl2NO2. The van der Waals surface area contributed by atoms with Crippen LogP contribution in [0.4, 0.5) is 0 Å².